The second kappa shape index (κ2) is 5.85. The first kappa shape index (κ1) is 13.6. The number of ether oxygens (including phenoxy) is 1. The number of carbonyl (C=O) groups excluding carboxylic acids is 1. The zero-order valence-electron chi connectivity index (χ0n) is 10.7. The lowest BCUT2D eigenvalue weighted by molar-refractivity contribution is -0.123. The molecule has 18 heavy (non-hydrogen) atoms. The first-order valence-corrected chi connectivity index (χ1v) is 6.97. The van der Waals surface area contributed by atoms with Crippen molar-refractivity contribution in [2.75, 3.05) is 20.2 Å². The Morgan fingerprint density at radius 1 is 1.56 bits per heavy atom. The highest BCUT2D eigenvalue weighted by molar-refractivity contribution is 9.10. The maximum absolute atomic E-state index is 12.1. The molecule has 0 saturated carbocycles. The van der Waals surface area contributed by atoms with E-state index in [9.17, 15) is 4.79 Å². The number of carbonyl (C=O) groups is 1. The van der Waals surface area contributed by atoms with Gasteiger partial charge in [0, 0.05) is 12.3 Å². The Bertz CT molecular complexity index is 443. The van der Waals surface area contributed by atoms with Crippen LogP contribution in [-0.4, -0.2) is 26.0 Å². The van der Waals surface area contributed by atoms with Gasteiger partial charge in [-0.3, -0.25) is 4.79 Å². The molecule has 0 bridgehead atoms. The van der Waals surface area contributed by atoms with Crippen LogP contribution in [-0.2, 0) is 11.2 Å². The molecule has 1 aliphatic heterocycles. The topological polar surface area (TPSA) is 38.3 Å². The third-order valence-electron chi connectivity index (χ3n) is 3.62. The number of benzene rings is 1. The van der Waals surface area contributed by atoms with Crippen LogP contribution in [0.2, 0.25) is 0 Å². The second-order valence-electron chi connectivity index (χ2n) is 4.82. The Kier molecular flexibility index (Phi) is 4.40. The lowest BCUT2D eigenvalue weighted by atomic mass is 9.84. The van der Waals surface area contributed by atoms with Gasteiger partial charge in [-0.1, -0.05) is 13.0 Å². The van der Waals surface area contributed by atoms with E-state index in [0.717, 1.165) is 28.9 Å². The quantitative estimate of drug-likeness (QED) is 0.907. The molecular weight excluding hydrogens is 294 g/mol. The van der Waals surface area contributed by atoms with E-state index < -0.39 is 0 Å². The summed E-state index contributed by atoms with van der Waals surface area (Å²) in [5, 5.41) is 3.21. The summed E-state index contributed by atoms with van der Waals surface area (Å²) in [6, 6.07) is 5.80. The molecule has 1 unspecified atom stereocenters. The molecule has 1 saturated heterocycles. The van der Waals surface area contributed by atoms with Crippen molar-refractivity contribution in [3.63, 3.8) is 0 Å². The maximum atomic E-state index is 12.1. The van der Waals surface area contributed by atoms with Crippen LogP contribution >= 0.6 is 15.9 Å². The fraction of sp³-hybridized carbons (Fsp3) is 0.500. The van der Waals surface area contributed by atoms with Crippen LogP contribution in [0.15, 0.2) is 22.7 Å². The average Bonchev–Trinajstić information content (AvgIpc) is 2.26. The van der Waals surface area contributed by atoms with Crippen molar-refractivity contribution in [3.05, 3.63) is 28.2 Å². The van der Waals surface area contributed by atoms with Crippen LogP contribution in [0.5, 0.6) is 5.75 Å². The van der Waals surface area contributed by atoms with Crippen molar-refractivity contribution >= 4 is 21.7 Å². The van der Waals surface area contributed by atoms with Gasteiger partial charge in [-0.25, -0.2) is 0 Å². The first-order chi connectivity index (χ1) is 8.61. The number of Topliss-reactive ketones (excluding diaryl/α,β-unsaturated/α-hetero) is 1. The van der Waals surface area contributed by atoms with Gasteiger partial charge in [-0.05, 0) is 52.6 Å². The number of nitrogens with one attached hydrogen (secondary N) is 1. The predicted molar refractivity (Wildman–Crippen MR) is 74.9 cm³/mol. The minimum atomic E-state index is 0.145. The zero-order valence-corrected chi connectivity index (χ0v) is 12.3. The van der Waals surface area contributed by atoms with Crippen LogP contribution in [0.4, 0.5) is 0 Å². The zero-order chi connectivity index (χ0) is 13.1. The van der Waals surface area contributed by atoms with Crippen LogP contribution in [0.3, 0.4) is 0 Å². The van der Waals surface area contributed by atoms with Crippen molar-refractivity contribution in [2.24, 2.45) is 11.8 Å². The van der Waals surface area contributed by atoms with Gasteiger partial charge in [0.15, 0.2) is 0 Å². The Morgan fingerprint density at radius 2 is 2.28 bits per heavy atom. The Hall–Kier alpha value is -0.870. The average molecular weight is 312 g/mol. The highest BCUT2D eigenvalue weighted by Gasteiger charge is 2.28. The first-order valence-electron chi connectivity index (χ1n) is 6.17. The summed E-state index contributed by atoms with van der Waals surface area (Å²) in [6.45, 7) is 3.98. The van der Waals surface area contributed by atoms with E-state index >= 15 is 0 Å². The molecule has 1 aromatic carbocycles. The molecule has 1 atom stereocenters. The number of ketones is 1. The van der Waals surface area contributed by atoms with E-state index in [0.29, 0.717) is 18.1 Å². The third kappa shape index (κ3) is 2.93. The maximum Gasteiger partial charge on any atom is 0.140 e. The van der Waals surface area contributed by atoms with E-state index in [1.54, 1.807) is 7.11 Å². The van der Waals surface area contributed by atoms with Gasteiger partial charge in [-0.15, -0.1) is 0 Å². The van der Waals surface area contributed by atoms with Crippen LogP contribution in [0.25, 0.3) is 0 Å². The fourth-order valence-electron chi connectivity index (χ4n) is 2.11. The number of halogens is 1. The van der Waals surface area contributed by atoms with Gasteiger partial charge in [0.1, 0.15) is 11.5 Å². The highest BCUT2D eigenvalue weighted by Crippen LogP contribution is 2.26. The molecule has 4 heteroatoms. The van der Waals surface area contributed by atoms with E-state index in [1.165, 1.54) is 0 Å². The minimum Gasteiger partial charge on any atom is -0.496 e. The van der Waals surface area contributed by atoms with Gasteiger partial charge in [0.25, 0.3) is 0 Å². The van der Waals surface area contributed by atoms with Crippen molar-refractivity contribution in [1.29, 1.82) is 0 Å². The molecule has 0 aliphatic carbocycles. The monoisotopic (exact) mass is 311 g/mol. The Morgan fingerprint density at radius 3 is 2.78 bits per heavy atom. The molecule has 2 rings (SSSR count). The Balaban J connectivity index is 2.00. The Labute approximate surface area is 116 Å². The normalized spacial score (nSPS) is 17.1. The summed E-state index contributed by atoms with van der Waals surface area (Å²) >= 11 is 3.44. The van der Waals surface area contributed by atoms with Crippen molar-refractivity contribution in [2.45, 2.75) is 13.3 Å². The fourth-order valence-corrected chi connectivity index (χ4v) is 2.70. The molecule has 1 N–H and O–H groups in total. The smallest absolute Gasteiger partial charge is 0.140 e. The molecule has 1 aromatic rings. The highest BCUT2D eigenvalue weighted by atomic mass is 79.9. The minimum absolute atomic E-state index is 0.145. The molecule has 98 valence electrons. The van der Waals surface area contributed by atoms with Gasteiger partial charge < -0.3 is 10.1 Å². The van der Waals surface area contributed by atoms with Crippen molar-refractivity contribution in [3.8, 4) is 5.75 Å². The van der Waals surface area contributed by atoms with Crippen molar-refractivity contribution in [1.82, 2.24) is 5.32 Å². The van der Waals surface area contributed by atoms with E-state index in [4.69, 9.17) is 4.74 Å². The van der Waals surface area contributed by atoms with Gasteiger partial charge in [-0.2, -0.15) is 0 Å². The molecule has 3 nitrogen and oxygen atoms in total. The van der Waals surface area contributed by atoms with E-state index in [2.05, 4.69) is 21.2 Å². The number of rotatable bonds is 5. The molecule has 1 aliphatic rings. The number of hydrogen-bond acceptors (Lipinski definition) is 3. The van der Waals surface area contributed by atoms with Crippen molar-refractivity contribution < 1.29 is 9.53 Å². The summed E-state index contributed by atoms with van der Waals surface area (Å²) < 4.78 is 6.07. The number of methoxy groups -OCH3 is 1. The number of hydrogen-bond donors (Lipinski definition) is 1. The van der Waals surface area contributed by atoms with Gasteiger partial charge in [0.2, 0.25) is 0 Å². The summed E-state index contributed by atoms with van der Waals surface area (Å²) in [7, 11) is 1.64. The summed E-state index contributed by atoms with van der Waals surface area (Å²) in [6.07, 6.45) is 0.500. The molecule has 1 heterocycles. The second-order valence-corrected chi connectivity index (χ2v) is 5.67. The van der Waals surface area contributed by atoms with E-state index in [-0.39, 0.29) is 5.92 Å². The molecule has 0 aromatic heterocycles. The van der Waals surface area contributed by atoms with Gasteiger partial charge in [0.05, 0.1) is 11.6 Å². The standard InChI is InChI=1S/C14H18BrNO2/c1-9(11-7-16-8-11)13(17)6-10-3-4-14(18-2)12(15)5-10/h3-5,9,11,16H,6-8H2,1-2H3. The molecule has 0 spiro atoms. The van der Waals surface area contributed by atoms with Crippen LogP contribution in [0.1, 0.15) is 12.5 Å². The lowest BCUT2D eigenvalue weighted by Crippen LogP contribution is -2.47. The SMILES string of the molecule is COc1ccc(CC(=O)C(C)C2CNC2)cc1Br. The summed E-state index contributed by atoms with van der Waals surface area (Å²) in [4.78, 5) is 12.1. The third-order valence-corrected chi connectivity index (χ3v) is 4.24. The molecule has 0 radical (unpaired) electrons. The predicted octanol–water partition coefficient (Wildman–Crippen LogP) is 2.42. The van der Waals surface area contributed by atoms with E-state index in [1.807, 2.05) is 25.1 Å². The van der Waals surface area contributed by atoms with Gasteiger partial charge >= 0.3 is 0 Å². The molecule has 0 amide bonds. The lowest BCUT2D eigenvalue weighted by Gasteiger charge is -2.31. The summed E-state index contributed by atoms with van der Waals surface area (Å²) in [5.74, 6) is 1.77. The summed E-state index contributed by atoms with van der Waals surface area (Å²) in [5.41, 5.74) is 1.03. The molecule has 1 fully saturated rings. The van der Waals surface area contributed by atoms with Crippen LogP contribution < -0.4 is 10.1 Å². The van der Waals surface area contributed by atoms with Crippen LogP contribution in [0, 0.1) is 11.8 Å². The largest absolute Gasteiger partial charge is 0.496 e. The molecular formula is C14H18BrNO2.